The molecule has 1 heterocycles. The number of aryl methyl sites for hydroxylation is 1. The number of aromatic nitrogens is 2. The maximum atomic E-state index is 5.79. The second-order valence-corrected chi connectivity index (χ2v) is 4.41. The Bertz CT molecular complexity index is 307. The molecule has 1 aromatic rings. The first-order valence-corrected chi connectivity index (χ1v) is 5.76. The molecule has 2 rings (SSSR count). The predicted octanol–water partition coefficient (Wildman–Crippen LogP) is 1.35. The molecule has 1 aromatic heterocycles. The lowest BCUT2D eigenvalue weighted by molar-refractivity contribution is 0.332. The van der Waals surface area contributed by atoms with Gasteiger partial charge in [0.05, 0.1) is 0 Å². The summed E-state index contributed by atoms with van der Waals surface area (Å²) in [4.78, 5) is 0. The fraction of sp³-hybridized carbons (Fsp3) is 0.727. The number of hydrogen-bond acceptors (Lipinski definition) is 3. The minimum absolute atomic E-state index is 0.513. The van der Waals surface area contributed by atoms with Crippen LogP contribution in [0, 0.1) is 5.92 Å². The van der Waals surface area contributed by atoms with E-state index in [0.29, 0.717) is 12.0 Å². The van der Waals surface area contributed by atoms with Gasteiger partial charge in [-0.3, -0.25) is 4.68 Å². The van der Waals surface area contributed by atoms with E-state index in [2.05, 4.69) is 10.4 Å². The Morgan fingerprint density at radius 3 is 3.00 bits per heavy atom. The smallest absolute Gasteiger partial charge is 0.148 e. The van der Waals surface area contributed by atoms with Crippen LogP contribution in [0.4, 0.5) is 5.82 Å². The number of nitrogens with zero attached hydrogens (tertiary/aromatic N) is 2. The second kappa shape index (κ2) is 4.66. The molecule has 1 fully saturated rings. The molecule has 1 saturated carbocycles. The third-order valence-electron chi connectivity index (χ3n) is 3.26. The van der Waals surface area contributed by atoms with E-state index in [1.54, 1.807) is 0 Å². The number of nitrogens with two attached hydrogens (primary N) is 1. The van der Waals surface area contributed by atoms with E-state index in [4.69, 9.17) is 5.73 Å². The Kier molecular flexibility index (Phi) is 3.26. The van der Waals surface area contributed by atoms with Crippen LogP contribution in [-0.2, 0) is 7.05 Å². The zero-order valence-corrected chi connectivity index (χ0v) is 9.32. The Balaban J connectivity index is 1.97. The SMILES string of the molecule is Cn1ccc(NC2CCCCC2CN)n1. The van der Waals surface area contributed by atoms with Crippen molar-refractivity contribution in [3.8, 4) is 0 Å². The lowest BCUT2D eigenvalue weighted by Crippen LogP contribution is -2.36. The normalized spacial score (nSPS) is 26.5. The van der Waals surface area contributed by atoms with Crippen LogP contribution in [0.1, 0.15) is 25.7 Å². The molecule has 0 amide bonds. The molecule has 1 aliphatic carbocycles. The van der Waals surface area contributed by atoms with Crippen molar-refractivity contribution in [2.24, 2.45) is 18.7 Å². The average Bonchev–Trinajstić information content (AvgIpc) is 2.65. The molecular formula is C11H20N4. The Hall–Kier alpha value is -1.03. The van der Waals surface area contributed by atoms with Crippen LogP contribution in [0.25, 0.3) is 0 Å². The van der Waals surface area contributed by atoms with Crippen LogP contribution >= 0.6 is 0 Å². The Morgan fingerprint density at radius 2 is 2.33 bits per heavy atom. The zero-order chi connectivity index (χ0) is 10.7. The fourth-order valence-electron chi connectivity index (χ4n) is 2.36. The van der Waals surface area contributed by atoms with Crippen molar-refractivity contribution in [1.82, 2.24) is 9.78 Å². The third-order valence-corrected chi connectivity index (χ3v) is 3.26. The predicted molar refractivity (Wildman–Crippen MR) is 61.6 cm³/mol. The molecule has 4 heteroatoms. The molecule has 84 valence electrons. The van der Waals surface area contributed by atoms with Gasteiger partial charge in [0, 0.05) is 25.4 Å². The van der Waals surface area contributed by atoms with Crippen LogP contribution in [0.15, 0.2) is 12.3 Å². The standard InChI is InChI=1S/C11H20N4/c1-15-7-6-11(14-15)13-10-5-3-2-4-9(10)8-12/h6-7,9-10H,2-5,8,12H2,1H3,(H,13,14). The summed E-state index contributed by atoms with van der Waals surface area (Å²) < 4.78 is 1.82. The van der Waals surface area contributed by atoms with Gasteiger partial charge in [0.2, 0.25) is 0 Å². The van der Waals surface area contributed by atoms with E-state index in [-0.39, 0.29) is 0 Å². The molecule has 0 aromatic carbocycles. The maximum absolute atomic E-state index is 5.79. The van der Waals surface area contributed by atoms with Crippen molar-refractivity contribution in [3.63, 3.8) is 0 Å². The third kappa shape index (κ3) is 2.50. The minimum atomic E-state index is 0.513. The van der Waals surface area contributed by atoms with E-state index >= 15 is 0 Å². The first kappa shape index (κ1) is 10.5. The van der Waals surface area contributed by atoms with Gasteiger partial charge >= 0.3 is 0 Å². The molecule has 2 atom stereocenters. The topological polar surface area (TPSA) is 55.9 Å². The molecule has 2 unspecified atom stereocenters. The maximum Gasteiger partial charge on any atom is 0.148 e. The summed E-state index contributed by atoms with van der Waals surface area (Å²) >= 11 is 0. The van der Waals surface area contributed by atoms with E-state index in [1.165, 1.54) is 25.7 Å². The Morgan fingerprint density at radius 1 is 1.53 bits per heavy atom. The summed E-state index contributed by atoms with van der Waals surface area (Å²) in [6.45, 7) is 0.782. The quantitative estimate of drug-likeness (QED) is 0.788. The largest absolute Gasteiger partial charge is 0.366 e. The van der Waals surface area contributed by atoms with Crippen LogP contribution in [0.5, 0.6) is 0 Å². The van der Waals surface area contributed by atoms with Gasteiger partial charge in [-0.2, -0.15) is 5.10 Å². The van der Waals surface area contributed by atoms with Crippen molar-refractivity contribution in [2.45, 2.75) is 31.7 Å². The molecule has 0 aliphatic heterocycles. The van der Waals surface area contributed by atoms with Gasteiger partial charge < -0.3 is 11.1 Å². The van der Waals surface area contributed by atoms with E-state index in [9.17, 15) is 0 Å². The Labute approximate surface area is 90.8 Å². The van der Waals surface area contributed by atoms with Gasteiger partial charge in [-0.1, -0.05) is 12.8 Å². The van der Waals surface area contributed by atoms with E-state index in [1.807, 2.05) is 24.0 Å². The van der Waals surface area contributed by atoms with Crippen LogP contribution in [-0.4, -0.2) is 22.4 Å². The van der Waals surface area contributed by atoms with Crippen LogP contribution in [0.2, 0.25) is 0 Å². The van der Waals surface area contributed by atoms with Crippen LogP contribution < -0.4 is 11.1 Å². The van der Waals surface area contributed by atoms with Crippen molar-refractivity contribution >= 4 is 5.82 Å². The highest BCUT2D eigenvalue weighted by molar-refractivity contribution is 5.33. The summed E-state index contributed by atoms with van der Waals surface area (Å²) in [5.41, 5.74) is 5.79. The number of anilines is 1. The average molecular weight is 208 g/mol. The molecule has 3 N–H and O–H groups in total. The molecule has 1 aliphatic rings. The summed E-state index contributed by atoms with van der Waals surface area (Å²) in [5.74, 6) is 1.59. The minimum Gasteiger partial charge on any atom is -0.366 e. The van der Waals surface area contributed by atoms with Crippen molar-refractivity contribution < 1.29 is 0 Å². The highest BCUT2D eigenvalue weighted by Gasteiger charge is 2.23. The van der Waals surface area contributed by atoms with E-state index in [0.717, 1.165) is 12.4 Å². The number of hydrogen-bond donors (Lipinski definition) is 2. The van der Waals surface area contributed by atoms with Gasteiger partial charge in [-0.15, -0.1) is 0 Å². The molecular weight excluding hydrogens is 188 g/mol. The molecule has 0 saturated heterocycles. The molecule has 15 heavy (non-hydrogen) atoms. The van der Waals surface area contributed by atoms with Gasteiger partial charge in [0.15, 0.2) is 0 Å². The highest BCUT2D eigenvalue weighted by atomic mass is 15.3. The van der Waals surface area contributed by atoms with Crippen molar-refractivity contribution in [3.05, 3.63) is 12.3 Å². The summed E-state index contributed by atoms with van der Waals surface area (Å²) in [6.07, 6.45) is 7.06. The van der Waals surface area contributed by atoms with Gasteiger partial charge in [0.25, 0.3) is 0 Å². The second-order valence-electron chi connectivity index (χ2n) is 4.41. The molecule has 4 nitrogen and oxygen atoms in total. The van der Waals surface area contributed by atoms with Gasteiger partial charge in [-0.25, -0.2) is 0 Å². The van der Waals surface area contributed by atoms with E-state index < -0.39 is 0 Å². The summed E-state index contributed by atoms with van der Waals surface area (Å²) in [7, 11) is 1.94. The zero-order valence-electron chi connectivity index (χ0n) is 9.32. The fourth-order valence-corrected chi connectivity index (χ4v) is 2.36. The summed E-state index contributed by atoms with van der Waals surface area (Å²) in [6, 6.07) is 2.53. The number of rotatable bonds is 3. The lowest BCUT2D eigenvalue weighted by atomic mass is 9.84. The lowest BCUT2D eigenvalue weighted by Gasteiger charge is -2.31. The first-order valence-electron chi connectivity index (χ1n) is 5.76. The van der Waals surface area contributed by atoms with Crippen molar-refractivity contribution in [1.29, 1.82) is 0 Å². The molecule has 0 spiro atoms. The highest BCUT2D eigenvalue weighted by Crippen LogP contribution is 2.25. The van der Waals surface area contributed by atoms with Crippen molar-refractivity contribution in [2.75, 3.05) is 11.9 Å². The van der Waals surface area contributed by atoms with Gasteiger partial charge in [-0.05, 0) is 25.3 Å². The first-order chi connectivity index (χ1) is 7.29. The monoisotopic (exact) mass is 208 g/mol. The summed E-state index contributed by atoms with van der Waals surface area (Å²) in [5, 5.41) is 7.83. The van der Waals surface area contributed by atoms with Crippen LogP contribution in [0.3, 0.4) is 0 Å². The van der Waals surface area contributed by atoms with Gasteiger partial charge in [0.1, 0.15) is 5.82 Å². The molecule has 0 radical (unpaired) electrons. The number of nitrogens with one attached hydrogen (secondary N) is 1. The molecule has 0 bridgehead atoms.